The number of carbonyl (C=O) groups is 2. The van der Waals surface area contributed by atoms with Gasteiger partial charge in [-0.3, -0.25) is 5.32 Å². The van der Waals surface area contributed by atoms with Crippen LogP contribution >= 0.6 is 0 Å². The van der Waals surface area contributed by atoms with Gasteiger partial charge in [-0.05, 0) is 23.8 Å². The van der Waals surface area contributed by atoms with E-state index in [1.807, 2.05) is 18.2 Å². The first-order valence-electron chi connectivity index (χ1n) is 8.16. The number of carboxylic acids is 1. The quantitative estimate of drug-likeness (QED) is 0.653. The van der Waals surface area contributed by atoms with Gasteiger partial charge >= 0.3 is 12.1 Å². The average Bonchev–Trinajstić information content (AvgIpc) is 2.69. The molecule has 28 heavy (non-hydrogen) atoms. The van der Waals surface area contributed by atoms with Gasteiger partial charge in [0, 0.05) is 18.3 Å². The Bertz CT molecular complexity index is 995. The Labute approximate surface area is 159 Å². The predicted molar refractivity (Wildman–Crippen MR) is 97.9 cm³/mol. The summed E-state index contributed by atoms with van der Waals surface area (Å²) in [5.41, 5.74) is 0.531. The van der Waals surface area contributed by atoms with Crippen LogP contribution in [0.15, 0.2) is 66.9 Å². The summed E-state index contributed by atoms with van der Waals surface area (Å²) < 4.78 is 24.7. The van der Waals surface area contributed by atoms with Crippen molar-refractivity contribution in [2.24, 2.45) is 0 Å². The van der Waals surface area contributed by atoms with Crippen molar-refractivity contribution in [3.8, 4) is 11.5 Å². The summed E-state index contributed by atoms with van der Waals surface area (Å²) in [6.45, 7) is 0.0590. The number of ether oxygens (including phenoxy) is 2. The van der Waals surface area contributed by atoms with Crippen LogP contribution in [0, 0.1) is 5.82 Å². The van der Waals surface area contributed by atoms with E-state index in [1.165, 1.54) is 30.5 Å². The normalized spacial score (nSPS) is 10.2. The van der Waals surface area contributed by atoms with Crippen LogP contribution in [0.1, 0.15) is 16.1 Å². The van der Waals surface area contributed by atoms with Crippen molar-refractivity contribution in [3.05, 3.63) is 83.9 Å². The molecule has 0 unspecified atom stereocenters. The zero-order valence-corrected chi connectivity index (χ0v) is 14.5. The van der Waals surface area contributed by atoms with Gasteiger partial charge in [0.15, 0.2) is 11.5 Å². The van der Waals surface area contributed by atoms with Crippen LogP contribution in [0.5, 0.6) is 11.5 Å². The molecule has 2 N–H and O–H groups in total. The van der Waals surface area contributed by atoms with Crippen molar-refractivity contribution < 1.29 is 28.6 Å². The fraction of sp³-hybridized carbons (Fsp3) is 0.0500. The highest BCUT2D eigenvalue weighted by Crippen LogP contribution is 2.26. The van der Waals surface area contributed by atoms with Gasteiger partial charge in [-0.25, -0.2) is 19.0 Å². The van der Waals surface area contributed by atoms with Crippen molar-refractivity contribution >= 4 is 17.7 Å². The molecule has 1 amide bonds. The zero-order valence-electron chi connectivity index (χ0n) is 14.5. The first kappa shape index (κ1) is 18.8. The first-order chi connectivity index (χ1) is 13.5. The molecule has 0 fully saturated rings. The molecule has 0 radical (unpaired) electrons. The Morgan fingerprint density at radius 1 is 1.04 bits per heavy atom. The molecular weight excluding hydrogens is 367 g/mol. The molecule has 3 rings (SSSR count). The van der Waals surface area contributed by atoms with Gasteiger partial charge in [0.25, 0.3) is 0 Å². The van der Waals surface area contributed by atoms with Crippen molar-refractivity contribution in [1.82, 2.24) is 4.98 Å². The SMILES string of the molecule is O=C(Nc1ccc(Oc2ccnc(C(=O)O)c2)cc1F)OCc1ccccc1. The molecule has 2 aromatic carbocycles. The maximum Gasteiger partial charge on any atom is 0.412 e. The average molecular weight is 382 g/mol. The third-order valence-electron chi connectivity index (χ3n) is 3.58. The van der Waals surface area contributed by atoms with Crippen LogP contribution < -0.4 is 10.1 Å². The summed E-state index contributed by atoms with van der Waals surface area (Å²) >= 11 is 0. The van der Waals surface area contributed by atoms with E-state index in [0.717, 1.165) is 11.6 Å². The Hall–Kier alpha value is -3.94. The molecule has 0 spiro atoms. The minimum Gasteiger partial charge on any atom is -0.477 e. The molecule has 0 saturated heterocycles. The summed E-state index contributed by atoms with van der Waals surface area (Å²) in [5, 5.41) is 11.2. The number of nitrogens with one attached hydrogen (secondary N) is 1. The van der Waals surface area contributed by atoms with E-state index in [1.54, 1.807) is 12.1 Å². The molecule has 1 aromatic heterocycles. The van der Waals surface area contributed by atoms with Gasteiger partial charge in [0.2, 0.25) is 0 Å². The molecule has 0 aliphatic carbocycles. The molecule has 8 heteroatoms. The van der Waals surface area contributed by atoms with Crippen molar-refractivity contribution in [2.45, 2.75) is 6.61 Å². The highest BCUT2D eigenvalue weighted by Gasteiger charge is 2.11. The second-order valence-electron chi connectivity index (χ2n) is 5.61. The molecule has 7 nitrogen and oxygen atoms in total. The lowest BCUT2D eigenvalue weighted by atomic mass is 10.2. The smallest absolute Gasteiger partial charge is 0.412 e. The van der Waals surface area contributed by atoms with E-state index in [0.29, 0.717) is 0 Å². The fourth-order valence-electron chi connectivity index (χ4n) is 2.26. The molecule has 142 valence electrons. The third kappa shape index (κ3) is 5.04. The number of anilines is 1. The maximum absolute atomic E-state index is 14.2. The molecule has 0 saturated carbocycles. The van der Waals surface area contributed by atoms with Gasteiger partial charge in [0.05, 0.1) is 5.69 Å². The standard InChI is InChI=1S/C20H15FN2O5/c21-16-10-14(28-15-8-9-22-18(11-15)19(24)25)6-7-17(16)23-20(26)27-12-13-4-2-1-3-5-13/h1-11H,12H2,(H,23,26)(H,24,25). The van der Waals surface area contributed by atoms with Crippen molar-refractivity contribution in [1.29, 1.82) is 0 Å². The predicted octanol–water partition coefficient (Wildman–Crippen LogP) is 4.46. The monoisotopic (exact) mass is 382 g/mol. The van der Waals surface area contributed by atoms with E-state index >= 15 is 0 Å². The van der Waals surface area contributed by atoms with Crippen LogP contribution in [0.4, 0.5) is 14.9 Å². The number of nitrogens with zero attached hydrogens (tertiary/aromatic N) is 1. The highest BCUT2D eigenvalue weighted by atomic mass is 19.1. The number of benzene rings is 2. The molecule has 0 bridgehead atoms. The van der Waals surface area contributed by atoms with E-state index in [9.17, 15) is 14.0 Å². The molecule has 0 atom stereocenters. The summed E-state index contributed by atoms with van der Waals surface area (Å²) in [7, 11) is 0. The maximum atomic E-state index is 14.2. The molecule has 0 aliphatic rings. The van der Waals surface area contributed by atoms with Crippen LogP contribution in [0.3, 0.4) is 0 Å². The summed E-state index contributed by atoms with van der Waals surface area (Å²) in [4.78, 5) is 26.4. The number of aromatic carboxylic acids is 1. The van der Waals surface area contributed by atoms with Crippen LogP contribution in [-0.4, -0.2) is 22.2 Å². The lowest BCUT2D eigenvalue weighted by Crippen LogP contribution is -2.14. The Morgan fingerprint density at radius 3 is 2.50 bits per heavy atom. The Morgan fingerprint density at radius 2 is 1.79 bits per heavy atom. The van der Waals surface area contributed by atoms with Crippen LogP contribution in [0.2, 0.25) is 0 Å². The number of rotatable bonds is 6. The first-order valence-corrected chi connectivity index (χ1v) is 8.16. The number of hydrogen-bond acceptors (Lipinski definition) is 5. The van der Waals surface area contributed by atoms with Gasteiger partial charge in [0.1, 0.15) is 18.1 Å². The lowest BCUT2D eigenvalue weighted by Gasteiger charge is -2.10. The summed E-state index contributed by atoms with van der Waals surface area (Å²) in [5.74, 6) is -1.62. The zero-order chi connectivity index (χ0) is 19.9. The van der Waals surface area contributed by atoms with E-state index in [4.69, 9.17) is 14.6 Å². The number of carbonyl (C=O) groups excluding carboxylic acids is 1. The largest absolute Gasteiger partial charge is 0.477 e. The molecule has 3 aromatic rings. The molecule has 0 aliphatic heterocycles. The van der Waals surface area contributed by atoms with Crippen molar-refractivity contribution in [3.63, 3.8) is 0 Å². The second-order valence-corrected chi connectivity index (χ2v) is 5.61. The topological polar surface area (TPSA) is 97.8 Å². The van der Waals surface area contributed by atoms with E-state index in [-0.39, 0.29) is 29.5 Å². The van der Waals surface area contributed by atoms with Crippen LogP contribution in [0.25, 0.3) is 0 Å². The van der Waals surface area contributed by atoms with Crippen molar-refractivity contribution in [2.75, 3.05) is 5.32 Å². The lowest BCUT2D eigenvalue weighted by molar-refractivity contribution is 0.0690. The minimum absolute atomic E-state index is 0.0590. The summed E-state index contributed by atoms with van der Waals surface area (Å²) in [6.07, 6.45) is 0.477. The number of amides is 1. The molecule has 1 heterocycles. The fourth-order valence-corrected chi connectivity index (χ4v) is 2.26. The number of hydrogen-bond donors (Lipinski definition) is 2. The number of carboxylic acid groups (broad SMARTS) is 1. The molecular formula is C20H15FN2O5. The van der Waals surface area contributed by atoms with E-state index < -0.39 is 17.9 Å². The van der Waals surface area contributed by atoms with Gasteiger partial charge in [-0.15, -0.1) is 0 Å². The van der Waals surface area contributed by atoms with Gasteiger partial charge in [-0.1, -0.05) is 30.3 Å². The second kappa shape index (κ2) is 8.63. The number of aromatic nitrogens is 1. The third-order valence-corrected chi connectivity index (χ3v) is 3.58. The number of pyridine rings is 1. The van der Waals surface area contributed by atoms with Crippen LogP contribution in [-0.2, 0) is 11.3 Å². The summed E-state index contributed by atoms with van der Waals surface area (Å²) in [6, 6.07) is 15.5. The van der Waals surface area contributed by atoms with Gasteiger partial charge in [-0.2, -0.15) is 0 Å². The minimum atomic E-state index is -1.20. The van der Waals surface area contributed by atoms with E-state index in [2.05, 4.69) is 10.3 Å². The van der Waals surface area contributed by atoms with Gasteiger partial charge < -0.3 is 14.6 Å². The highest BCUT2D eigenvalue weighted by molar-refractivity contribution is 5.86. The number of halogens is 1. The Balaban J connectivity index is 1.61. The Kier molecular flexibility index (Phi) is 5.81.